The van der Waals surface area contributed by atoms with Crippen molar-refractivity contribution in [2.45, 2.75) is 12.5 Å². The molecule has 0 aliphatic carbocycles. The van der Waals surface area contributed by atoms with Gasteiger partial charge in [-0.15, -0.1) is 0 Å². The fourth-order valence-corrected chi connectivity index (χ4v) is 1.54. The Bertz CT molecular complexity index is 695. The molecule has 0 fully saturated rings. The molecule has 2 heterocycles. The van der Waals surface area contributed by atoms with Crippen LogP contribution >= 0.6 is 13.5 Å². The first-order valence-electron chi connectivity index (χ1n) is 6.81. The Hall–Kier alpha value is -2.91. The van der Waals surface area contributed by atoms with Gasteiger partial charge in [0.2, 0.25) is 5.76 Å². The summed E-state index contributed by atoms with van der Waals surface area (Å²) >= 11 is 0. The van der Waals surface area contributed by atoms with E-state index in [0.29, 0.717) is 12.0 Å². The van der Waals surface area contributed by atoms with E-state index in [2.05, 4.69) is 9.97 Å². The van der Waals surface area contributed by atoms with Gasteiger partial charge in [0, 0.05) is 24.8 Å². The summed E-state index contributed by atoms with van der Waals surface area (Å²) in [6, 6.07) is 5.87. The minimum Gasteiger partial charge on any atom is -0.502 e. The van der Waals surface area contributed by atoms with Crippen molar-refractivity contribution in [2.75, 3.05) is 0 Å². The van der Waals surface area contributed by atoms with E-state index < -0.39 is 23.7 Å². The van der Waals surface area contributed by atoms with Crippen molar-refractivity contribution in [1.82, 2.24) is 9.97 Å². The number of carboxylic acids is 2. The third-order valence-corrected chi connectivity index (χ3v) is 2.75. The molecular weight excluding hydrogens is 346 g/mol. The van der Waals surface area contributed by atoms with Crippen molar-refractivity contribution in [2.24, 2.45) is 5.73 Å². The summed E-state index contributed by atoms with van der Waals surface area (Å²) in [7, 11) is 0. The van der Waals surface area contributed by atoms with Gasteiger partial charge in [-0.1, -0.05) is 0 Å². The van der Waals surface area contributed by atoms with E-state index in [1.54, 1.807) is 36.7 Å². The molecule has 2 aromatic heterocycles. The van der Waals surface area contributed by atoms with Crippen molar-refractivity contribution in [3.8, 4) is 0 Å². The number of nitrogens with zero attached hydrogens (tertiary/aromatic N) is 2. The van der Waals surface area contributed by atoms with E-state index in [9.17, 15) is 9.59 Å². The Labute approximate surface area is 151 Å². The first kappa shape index (κ1) is 22.1. The van der Waals surface area contributed by atoms with Crippen LogP contribution in [0.1, 0.15) is 11.1 Å². The molecular formula is C16H19N3O5S. The lowest BCUT2D eigenvalue weighted by molar-refractivity contribution is -0.138. The van der Waals surface area contributed by atoms with Crippen LogP contribution in [0.5, 0.6) is 0 Å². The molecule has 0 saturated heterocycles. The molecule has 8 nitrogen and oxygen atoms in total. The minimum absolute atomic E-state index is 0. The molecule has 25 heavy (non-hydrogen) atoms. The van der Waals surface area contributed by atoms with Crippen molar-refractivity contribution >= 4 is 31.5 Å². The number of aromatic nitrogens is 2. The number of aliphatic hydroxyl groups excluding tert-OH is 1. The van der Waals surface area contributed by atoms with Gasteiger partial charge in [0.1, 0.15) is 6.04 Å². The zero-order valence-electron chi connectivity index (χ0n) is 13.1. The number of carbonyl (C=O) groups is 2. The van der Waals surface area contributed by atoms with Crippen LogP contribution in [-0.4, -0.2) is 43.3 Å². The molecule has 0 amide bonds. The molecule has 5 N–H and O–H groups in total. The zero-order chi connectivity index (χ0) is 17.9. The fraction of sp³-hybridized carbons (Fsp3) is 0.125. The van der Waals surface area contributed by atoms with E-state index in [1.807, 2.05) is 0 Å². The Morgan fingerprint density at radius 2 is 1.48 bits per heavy atom. The van der Waals surface area contributed by atoms with Crippen LogP contribution in [0.3, 0.4) is 0 Å². The second-order valence-corrected chi connectivity index (χ2v) is 4.62. The molecule has 9 heteroatoms. The summed E-state index contributed by atoms with van der Waals surface area (Å²) in [6.07, 6.45) is 7.76. The van der Waals surface area contributed by atoms with Crippen LogP contribution in [0.25, 0.3) is 6.08 Å². The molecule has 0 spiro atoms. The maximum atomic E-state index is 10.4. The Balaban J connectivity index is 0.000000443. The monoisotopic (exact) mass is 365 g/mol. The highest BCUT2D eigenvalue weighted by molar-refractivity contribution is 7.59. The van der Waals surface area contributed by atoms with Crippen molar-refractivity contribution in [1.29, 1.82) is 0 Å². The molecule has 2 aromatic rings. The minimum atomic E-state index is -1.34. The largest absolute Gasteiger partial charge is 0.502 e. The van der Waals surface area contributed by atoms with E-state index in [4.69, 9.17) is 21.1 Å². The summed E-state index contributed by atoms with van der Waals surface area (Å²) in [6.45, 7) is 0. The highest BCUT2D eigenvalue weighted by atomic mass is 32.1. The lowest BCUT2D eigenvalue weighted by atomic mass is 10.1. The number of aliphatic carboxylic acids is 2. The van der Waals surface area contributed by atoms with Crippen LogP contribution in [0.2, 0.25) is 0 Å². The van der Waals surface area contributed by atoms with Crippen LogP contribution in [-0.2, 0) is 16.0 Å². The van der Waals surface area contributed by atoms with Gasteiger partial charge in [-0.25, -0.2) is 4.79 Å². The molecule has 0 aliphatic rings. The second-order valence-electron chi connectivity index (χ2n) is 4.62. The first-order chi connectivity index (χ1) is 11.4. The maximum absolute atomic E-state index is 10.4. The summed E-state index contributed by atoms with van der Waals surface area (Å²) in [5.74, 6) is -3.00. The molecule has 0 bridgehead atoms. The number of hydrogen-bond acceptors (Lipinski definition) is 6. The molecule has 0 aliphatic heterocycles. The van der Waals surface area contributed by atoms with Crippen LogP contribution in [0.15, 0.2) is 54.8 Å². The van der Waals surface area contributed by atoms with Gasteiger partial charge < -0.3 is 21.1 Å². The number of carboxylic acid groups (broad SMARTS) is 2. The standard InChI is InChI=1S/C8H10N2O2.C8H7NO3.H2S/c9-7(8(11)12)5-6-1-3-10-4-2-6;10-7(8(11)12)5-6-1-3-9-4-2-6;/h1-4,7H,5,9H2,(H,11,12);1-5,10H,(H,11,12);1H2/b;7-5+;/t7-;;/m0../s1. The first-order valence-corrected chi connectivity index (χ1v) is 6.81. The number of pyridine rings is 2. The lowest BCUT2D eigenvalue weighted by Crippen LogP contribution is -2.32. The molecule has 2 rings (SSSR count). The maximum Gasteiger partial charge on any atom is 0.370 e. The smallest absolute Gasteiger partial charge is 0.370 e. The predicted octanol–water partition coefficient (Wildman–Crippen LogP) is 1.21. The fourth-order valence-electron chi connectivity index (χ4n) is 1.54. The van der Waals surface area contributed by atoms with Gasteiger partial charge in [-0.3, -0.25) is 14.8 Å². The predicted molar refractivity (Wildman–Crippen MR) is 96.4 cm³/mol. The quantitative estimate of drug-likeness (QED) is 0.457. The number of aliphatic hydroxyl groups is 1. The van der Waals surface area contributed by atoms with Crippen LogP contribution in [0, 0.1) is 0 Å². The topological polar surface area (TPSA) is 147 Å². The van der Waals surface area contributed by atoms with Gasteiger partial charge in [0.25, 0.3) is 0 Å². The van der Waals surface area contributed by atoms with E-state index >= 15 is 0 Å². The molecule has 0 aromatic carbocycles. The SMILES string of the molecule is N[C@@H](Cc1ccncc1)C(=O)O.O=C(O)/C(O)=C\c1ccncc1.S. The number of rotatable bonds is 5. The van der Waals surface area contributed by atoms with Gasteiger partial charge in [0.15, 0.2) is 0 Å². The molecule has 0 saturated carbocycles. The lowest BCUT2D eigenvalue weighted by Gasteiger charge is -2.04. The van der Waals surface area contributed by atoms with Gasteiger partial charge >= 0.3 is 11.9 Å². The summed E-state index contributed by atoms with van der Waals surface area (Å²) in [4.78, 5) is 28.1. The Morgan fingerprint density at radius 1 is 1.00 bits per heavy atom. The van der Waals surface area contributed by atoms with Crippen molar-refractivity contribution < 1.29 is 24.9 Å². The van der Waals surface area contributed by atoms with E-state index in [1.165, 1.54) is 12.4 Å². The van der Waals surface area contributed by atoms with Crippen LogP contribution < -0.4 is 5.73 Å². The van der Waals surface area contributed by atoms with E-state index in [-0.39, 0.29) is 13.5 Å². The van der Waals surface area contributed by atoms with Gasteiger partial charge in [-0.05, 0) is 47.9 Å². The average molecular weight is 365 g/mol. The van der Waals surface area contributed by atoms with Crippen LogP contribution in [0.4, 0.5) is 0 Å². The van der Waals surface area contributed by atoms with Crippen molar-refractivity contribution in [3.05, 3.63) is 65.9 Å². The molecule has 134 valence electrons. The third-order valence-electron chi connectivity index (χ3n) is 2.75. The number of hydrogen-bond donors (Lipinski definition) is 4. The van der Waals surface area contributed by atoms with Gasteiger partial charge in [0.05, 0.1) is 0 Å². The Morgan fingerprint density at radius 3 is 1.92 bits per heavy atom. The van der Waals surface area contributed by atoms with Gasteiger partial charge in [-0.2, -0.15) is 13.5 Å². The van der Waals surface area contributed by atoms with E-state index in [0.717, 1.165) is 11.6 Å². The third kappa shape index (κ3) is 9.08. The number of nitrogens with two attached hydrogens (primary N) is 1. The normalized spacial score (nSPS) is 11.3. The highest BCUT2D eigenvalue weighted by Crippen LogP contribution is 2.02. The van der Waals surface area contributed by atoms with Crippen molar-refractivity contribution in [3.63, 3.8) is 0 Å². The zero-order valence-corrected chi connectivity index (χ0v) is 14.1. The molecule has 0 radical (unpaired) electrons. The summed E-state index contributed by atoms with van der Waals surface area (Å²) in [5, 5.41) is 25.6. The average Bonchev–Trinajstić information content (AvgIpc) is 2.57. The highest BCUT2D eigenvalue weighted by Gasteiger charge is 2.11. The molecule has 1 atom stereocenters. The summed E-state index contributed by atoms with van der Waals surface area (Å²) < 4.78 is 0. The Kier molecular flexibility index (Phi) is 10.2. The molecule has 0 unspecified atom stereocenters. The summed E-state index contributed by atoms with van der Waals surface area (Å²) in [5.41, 5.74) is 6.82. The second kappa shape index (κ2) is 11.6.